The van der Waals surface area contributed by atoms with Crippen molar-refractivity contribution >= 4 is 17.6 Å². The molecule has 0 aliphatic heterocycles. The smallest absolute Gasteiger partial charge is 0.307 e. The van der Waals surface area contributed by atoms with Crippen molar-refractivity contribution in [3.63, 3.8) is 0 Å². The highest BCUT2D eigenvalue weighted by atomic mass is 16.5. The number of anilines is 1. The molecule has 5 nitrogen and oxygen atoms in total. The molecule has 0 unspecified atom stereocenters. The number of nitrogens with one attached hydrogen (secondary N) is 1. The molecule has 5 heteroatoms. The molecule has 0 saturated heterocycles. The maximum Gasteiger partial charge on any atom is 0.307 e. The third-order valence-corrected chi connectivity index (χ3v) is 4.64. The molecule has 0 fully saturated rings. The first-order valence-corrected chi connectivity index (χ1v) is 8.97. The molecule has 2 aromatic rings. The van der Waals surface area contributed by atoms with Crippen molar-refractivity contribution < 1.29 is 19.4 Å². The number of hydrogen-bond acceptors (Lipinski definition) is 3. The standard InChI is InChI=1S/C22H23NO4/c1-14-11-15(2)13-18(12-14)27-17-9-7-16(8-10-17)23-21(24)19-5-3-4-6-20(19)22(25)26/h3-4,7-13,19-20H,5-6H2,1-2H3,(H,23,24)(H,25,26)/t19-,20-/m1/s1. The number of ether oxygens (including phenoxy) is 1. The lowest BCUT2D eigenvalue weighted by Crippen LogP contribution is -2.34. The van der Waals surface area contributed by atoms with E-state index in [1.807, 2.05) is 38.1 Å². The van der Waals surface area contributed by atoms with Crippen molar-refractivity contribution in [1.82, 2.24) is 0 Å². The number of carbonyl (C=O) groups excluding carboxylic acids is 1. The lowest BCUT2D eigenvalue weighted by atomic mass is 9.82. The number of aryl methyl sites for hydroxylation is 2. The molecule has 2 aromatic carbocycles. The van der Waals surface area contributed by atoms with E-state index in [2.05, 4.69) is 11.4 Å². The van der Waals surface area contributed by atoms with Crippen LogP contribution in [-0.4, -0.2) is 17.0 Å². The molecule has 0 aromatic heterocycles. The molecule has 0 radical (unpaired) electrons. The summed E-state index contributed by atoms with van der Waals surface area (Å²) in [6.07, 6.45) is 4.51. The predicted molar refractivity (Wildman–Crippen MR) is 104 cm³/mol. The Kier molecular flexibility index (Phi) is 5.60. The van der Waals surface area contributed by atoms with Crippen LogP contribution in [0.3, 0.4) is 0 Å². The fourth-order valence-electron chi connectivity index (χ4n) is 3.35. The number of carboxylic acids is 1. The Morgan fingerprint density at radius 3 is 2.11 bits per heavy atom. The Bertz CT molecular complexity index is 850. The van der Waals surface area contributed by atoms with Crippen molar-refractivity contribution in [2.75, 3.05) is 5.32 Å². The second-order valence-corrected chi connectivity index (χ2v) is 6.93. The third kappa shape index (κ3) is 4.76. The van der Waals surface area contributed by atoms with E-state index in [0.717, 1.165) is 16.9 Å². The van der Waals surface area contributed by atoms with E-state index in [4.69, 9.17) is 4.74 Å². The van der Waals surface area contributed by atoms with Gasteiger partial charge in [0.05, 0.1) is 11.8 Å². The minimum atomic E-state index is -0.934. The van der Waals surface area contributed by atoms with Crippen LogP contribution in [0.2, 0.25) is 0 Å². The lowest BCUT2D eigenvalue weighted by Gasteiger charge is -2.24. The number of aliphatic carboxylic acids is 1. The summed E-state index contributed by atoms with van der Waals surface area (Å²) in [7, 11) is 0. The summed E-state index contributed by atoms with van der Waals surface area (Å²) < 4.78 is 5.87. The second-order valence-electron chi connectivity index (χ2n) is 6.93. The normalized spacial score (nSPS) is 18.7. The van der Waals surface area contributed by atoms with Crippen molar-refractivity contribution in [1.29, 1.82) is 0 Å². The van der Waals surface area contributed by atoms with Gasteiger partial charge in [-0.2, -0.15) is 0 Å². The van der Waals surface area contributed by atoms with Crippen LogP contribution in [0.4, 0.5) is 5.69 Å². The first-order chi connectivity index (χ1) is 12.9. The van der Waals surface area contributed by atoms with E-state index >= 15 is 0 Å². The van der Waals surface area contributed by atoms with E-state index < -0.39 is 17.8 Å². The van der Waals surface area contributed by atoms with Gasteiger partial charge in [-0.1, -0.05) is 18.2 Å². The Labute approximate surface area is 158 Å². The van der Waals surface area contributed by atoms with E-state index in [0.29, 0.717) is 24.3 Å². The molecule has 27 heavy (non-hydrogen) atoms. The molecule has 2 N–H and O–H groups in total. The van der Waals surface area contributed by atoms with Crippen LogP contribution in [0.5, 0.6) is 11.5 Å². The fourth-order valence-corrected chi connectivity index (χ4v) is 3.35. The number of amides is 1. The summed E-state index contributed by atoms with van der Waals surface area (Å²) in [4.78, 5) is 23.9. The van der Waals surface area contributed by atoms with Gasteiger partial charge in [0, 0.05) is 5.69 Å². The van der Waals surface area contributed by atoms with Gasteiger partial charge >= 0.3 is 5.97 Å². The highest BCUT2D eigenvalue weighted by Crippen LogP contribution is 2.28. The van der Waals surface area contributed by atoms with Crippen molar-refractivity contribution in [3.05, 3.63) is 65.7 Å². The quantitative estimate of drug-likeness (QED) is 0.753. The maximum atomic E-state index is 12.5. The average Bonchev–Trinajstić information content (AvgIpc) is 2.62. The Balaban J connectivity index is 1.65. The summed E-state index contributed by atoms with van der Waals surface area (Å²) in [6, 6.07) is 13.1. The van der Waals surface area contributed by atoms with E-state index in [-0.39, 0.29) is 5.91 Å². The van der Waals surface area contributed by atoms with Gasteiger partial charge < -0.3 is 15.2 Å². The zero-order valence-electron chi connectivity index (χ0n) is 15.4. The van der Waals surface area contributed by atoms with Crippen LogP contribution in [0.15, 0.2) is 54.6 Å². The van der Waals surface area contributed by atoms with Gasteiger partial charge in [-0.05, 0) is 74.2 Å². The number of benzene rings is 2. The average molecular weight is 365 g/mol. The van der Waals surface area contributed by atoms with Crippen LogP contribution >= 0.6 is 0 Å². The summed E-state index contributed by atoms with van der Waals surface area (Å²) in [6.45, 7) is 4.03. The number of allylic oxidation sites excluding steroid dienone is 2. The minimum absolute atomic E-state index is 0.269. The summed E-state index contributed by atoms with van der Waals surface area (Å²) in [5, 5.41) is 12.1. The van der Waals surface area contributed by atoms with Crippen LogP contribution in [-0.2, 0) is 9.59 Å². The first-order valence-electron chi connectivity index (χ1n) is 8.97. The van der Waals surface area contributed by atoms with Crippen molar-refractivity contribution in [2.45, 2.75) is 26.7 Å². The molecular weight excluding hydrogens is 342 g/mol. The Hall–Kier alpha value is -3.08. The first kappa shape index (κ1) is 18.7. The van der Waals surface area contributed by atoms with Crippen LogP contribution in [0.25, 0.3) is 0 Å². The number of carboxylic acid groups (broad SMARTS) is 1. The molecular formula is C22H23NO4. The zero-order valence-corrected chi connectivity index (χ0v) is 15.4. The zero-order chi connectivity index (χ0) is 19.4. The predicted octanol–water partition coefficient (Wildman–Crippen LogP) is 4.70. The van der Waals surface area contributed by atoms with Gasteiger partial charge in [0.25, 0.3) is 0 Å². The molecule has 1 aliphatic rings. The molecule has 1 aliphatic carbocycles. The molecule has 0 bridgehead atoms. The van der Waals surface area contributed by atoms with Crippen molar-refractivity contribution in [2.24, 2.45) is 11.8 Å². The molecule has 0 saturated carbocycles. The van der Waals surface area contributed by atoms with Crippen LogP contribution in [0, 0.1) is 25.7 Å². The molecule has 0 spiro atoms. The number of carbonyl (C=O) groups is 2. The van der Waals surface area contributed by atoms with Gasteiger partial charge in [-0.25, -0.2) is 0 Å². The highest BCUT2D eigenvalue weighted by molar-refractivity contribution is 5.95. The van der Waals surface area contributed by atoms with Gasteiger partial charge in [-0.3, -0.25) is 9.59 Å². The second kappa shape index (κ2) is 8.08. The maximum absolute atomic E-state index is 12.5. The highest BCUT2D eigenvalue weighted by Gasteiger charge is 2.33. The largest absolute Gasteiger partial charge is 0.481 e. The van der Waals surface area contributed by atoms with E-state index in [9.17, 15) is 14.7 Å². The lowest BCUT2D eigenvalue weighted by molar-refractivity contribution is -0.146. The molecule has 140 valence electrons. The molecule has 0 heterocycles. The van der Waals surface area contributed by atoms with Crippen molar-refractivity contribution in [3.8, 4) is 11.5 Å². The van der Waals surface area contributed by atoms with Crippen LogP contribution in [0.1, 0.15) is 24.0 Å². The van der Waals surface area contributed by atoms with Gasteiger partial charge in [0.2, 0.25) is 5.91 Å². The van der Waals surface area contributed by atoms with Gasteiger partial charge in [0.1, 0.15) is 11.5 Å². The molecule has 2 atom stereocenters. The van der Waals surface area contributed by atoms with Gasteiger partial charge in [0.15, 0.2) is 0 Å². The summed E-state index contributed by atoms with van der Waals surface area (Å²) in [5.74, 6) is -1.00. The van der Waals surface area contributed by atoms with E-state index in [1.165, 1.54) is 0 Å². The molecule has 3 rings (SSSR count). The Morgan fingerprint density at radius 2 is 1.52 bits per heavy atom. The Morgan fingerprint density at radius 1 is 0.926 bits per heavy atom. The van der Waals surface area contributed by atoms with Crippen LogP contribution < -0.4 is 10.1 Å². The SMILES string of the molecule is Cc1cc(C)cc(Oc2ccc(NC(=O)[C@@H]3CC=CC[C@H]3C(=O)O)cc2)c1. The fraction of sp³-hybridized carbons (Fsp3) is 0.273. The number of hydrogen-bond donors (Lipinski definition) is 2. The summed E-state index contributed by atoms with van der Waals surface area (Å²) in [5.41, 5.74) is 2.87. The van der Waals surface area contributed by atoms with E-state index in [1.54, 1.807) is 24.3 Å². The van der Waals surface area contributed by atoms with Gasteiger partial charge in [-0.15, -0.1) is 0 Å². The topological polar surface area (TPSA) is 75.6 Å². The minimum Gasteiger partial charge on any atom is -0.481 e. The molecule has 1 amide bonds. The number of rotatable bonds is 5. The summed E-state index contributed by atoms with van der Waals surface area (Å²) >= 11 is 0. The monoisotopic (exact) mass is 365 g/mol. The third-order valence-electron chi connectivity index (χ3n) is 4.64.